The van der Waals surface area contributed by atoms with E-state index >= 15 is 0 Å². The highest BCUT2D eigenvalue weighted by molar-refractivity contribution is 7.86. The molecule has 21 heavy (non-hydrogen) atoms. The van der Waals surface area contributed by atoms with Gasteiger partial charge in [-0.15, -0.1) is 0 Å². The average molecular weight is 334 g/mol. The molecule has 1 aromatic rings. The van der Waals surface area contributed by atoms with Gasteiger partial charge in [0.15, 0.2) is 0 Å². The van der Waals surface area contributed by atoms with Crippen LogP contribution in [-0.4, -0.2) is 45.2 Å². The van der Waals surface area contributed by atoms with E-state index in [1.54, 1.807) is 25.1 Å². The standard InChI is InChI=1S/C13H22O6SSi/c1-6-19-20(14,15)13-10-8-7-9-12(13)11(2)21(16-3,17-4)18-5/h7-11H,6H2,1-5H3. The van der Waals surface area contributed by atoms with E-state index in [2.05, 4.69) is 0 Å². The van der Waals surface area contributed by atoms with Crippen molar-refractivity contribution in [2.24, 2.45) is 0 Å². The minimum atomic E-state index is -3.82. The van der Waals surface area contributed by atoms with Gasteiger partial charge >= 0.3 is 8.80 Å². The molecule has 0 aromatic heterocycles. The van der Waals surface area contributed by atoms with Gasteiger partial charge in [-0.05, 0) is 18.6 Å². The molecule has 0 radical (unpaired) electrons. The molecule has 0 heterocycles. The van der Waals surface area contributed by atoms with Gasteiger partial charge in [-0.1, -0.05) is 25.1 Å². The maximum Gasteiger partial charge on any atom is 0.507 e. The van der Waals surface area contributed by atoms with E-state index < -0.39 is 18.9 Å². The SMILES string of the molecule is CCOS(=O)(=O)c1ccccc1C(C)[Si](OC)(OC)OC. The molecule has 8 heteroatoms. The van der Waals surface area contributed by atoms with Crippen molar-refractivity contribution in [3.8, 4) is 0 Å². The third-order valence-electron chi connectivity index (χ3n) is 3.31. The summed E-state index contributed by atoms with van der Waals surface area (Å²) >= 11 is 0. The van der Waals surface area contributed by atoms with E-state index in [9.17, 15) is 8.42 Å². The maximum absolute atomic E-state index is 12.2. The molecule has 0 aliphatic carbocycles. The van der Waals surface area contributed by atoms with Crippen LogP contribution in [0.5, 0.6) is 0 Å². The maximum atomic E-state index is 12.2. The summed E-state index contributed by atoms with van der Waals surface area (Å²) in [7, 11) is -2.34. The summed E-state index contributed by atoms with van der Waals surface area (Å²) in [4.78, 5) is 0.113. The number of rotatable bonds is 8. The van der Waals surface area contributed by atoms with Gasteiger partial charge in [0, 0.05) is 21.3 Å². The highest BCUT2D eigenvalue weighted by atomic mass is 32.2. The van der Waals surface area contributed by atoms with E-state index in [0.717, 1.165) is 0 Å². The van der Waals surface area contributed by atoms with Crippen molar-refractivity contribution in [1.82, 2.24) is 0 Å². The van der Waals surface area contributed by atoms with Gasteiger partial charge in [0.25, 0.3) is 10.1 Å². The second-order valence-corrected chi connectivity index (χ2v) is 9.22. The largest absolute Gasteiger partial charge is 0.507 e. The Hall–Kier alpha value is -0.773. The minimum Gasteiger partial charge on any atom is -0.376 e. The lowest BCUT2D eigenvalue weighted by Gasteiger charge is -2.31. The Morgan fingerprint density at radius 1 is 1.10 bits per heavy atom. The lowest BCUT2D eigenvalue weighted by atomic mass is 10.2. The molecule has 0 saturated heterocycles. The van der Waals surface area contributed by atoms with Crippen LogP contribution in [0.15, 0.2) is 29.2 Å². The first-order valence-corrected chi connectivity index (χ1v) is 9.73. The predicted octanol–water partition coefficient (Wildman–Crippen LogP) is 1.93. The zero-order valence-corrected chi connectivity index (χ0v) is 14.8. The van der Waals surface area contributed by atoms with Crippen LogP contribution >= 0.6 is 0 Å². The first-order chi connectivity index (χ1) is 9.88. The summed E-state index contributed by atoms with van der Waals surface area (Å²) in [5, 5.41) is 0. The van der Waals surface area contributed by atoms with E-state index in [1.807, 2.05) is 6.92 Å². The third kappa shape index (κ3) is 3.71. The van der Waals surface area contributed by atoms with E-state index in [4.69, 9.17) is 17.5 Å². The molecule has 1 unspecified atom stereocenters. The van der Waals surface area contributed by atoms with Crippen LogP contribution in [-0.2, 0) is 27.6 Å². The number of hydrogen-bond donors (Lipinski definition) is 0. The van der Waals surface area contributed by atoms with Gasteiger partial charge in [0.1, 0.15) is 0 Å². The fourth-order valence-electron chi connectivity index (χ4n) is 2.26. The minimum absolute atomic E-state index is 0.0758. The summed E-state index contributed by atoms with van der Waals surface area (Å²) in [6.45, 7) is 3.53. The zero-order valence-electron chi connectivity index (χ0n) is 13.0. The quantitative estimate of drug-likeness (QED) is 0.534. The molecule has 1 atom stereocenters. The van der Waals surface area contributed by atoms with Crippen molar-refractivity contribution < 1.29 is 25.9 Å². The molecule has 0 aliphatic heterocycles. The van der Waals surface area contributed by atoms with Gasteiger partial charge in [-0.3, -0.25) is 4.18 Å². The van der Waals surface area contributed by atoms with Crippen LogP contribution < -0.4 is 0 Å². The number of benzene rings is 1. The normalized spacial score (nSPS) is 14.1. The molecular formula is C13H22O6SSi. The molecule has 0 N–H and O–H groups in total. The highest BCUT2D eigenvalue weighted by Crippen LogP contribution is 2.33. The fourth-order valence-corrected chi connectivity index (χ4v) is 5.77. The van der Waals surface area contributed by atoms with Crippen LogP contribution in [0.4, 0.5) is 0 Å². The highest BCUT2D eigenvalue weighted by Gasteiger charge is 2.47. The van der Waals surface area contributed by atoms with Crippen LogP contribution in [0.2, 0.25) is 0 Å². The van der Waals surface area contributed by atoms with Gasteiger partial charge in [0.05, 0.1) is 17.0 Å². The molecule has 0 fully saturated rings. The molecular weight excluding hydrogens is 312 g/mol. The molecule has 0 saturated carbocycles. The summed E-state index contributed by atoms with van der Waals surface area (Å²) in [6, 6.07) is 6.64. The molecule has 120 valence electrons. The molecule has 0 aliphatic rings. The Morgan fingerprint density at radius 2 is 1.62 bits per heavy atom. The lowest BCUT2D eigenvalue weighted by molar-refractivity contribution is 0.114. The molecule has 1 rings (SSSR count). The smallest absolute Gasteiger partial charge is 0.376 e. The summed E-state index contributed by atoms with van der Waals surface area (Å²) in [5.41, 5.74) is 0.201. The molecule has 0 spiro atoms. The Balaban J connectivity index is 3.38. The topological polar surface area (TPSA) is 71.1 Å². The third-order valence-corrected chi connectivity index (χ3v) is 7.85. The van der Waals surface area contributed by atoms with Crippen LogP contribution in [0.3, 0.4) is 0 Å². The van der Waals surface area contributed by atoms with Gasteiger partial charge in [0.2, 0.25) is 0 Å². The van der Waals surface area contributed by atoms with Gasteiger partial charge < -0.3 is 13.3 Å². The fraction of sp³-hybridized carbons (Fsp3) is 0.538. The average Bonchev–Trinajstić information content (AvgIpc) is 2.49. The van der Waals surface area contributed by atoms with Gasteiger partial charge in [-0.2, -0.15) is 8.42 Å². The van der Waals surface area contributed by atoms with E-state index in [0.29, 0.717) is 5.56 Å². The summed E-state index contributed by atoms with van der Waals surface area (Å²) in [6.07, 6.45) is 0. The predicted molar refractivity (Wildman–Crippen MR) is 80.4 cm³/mol. The molecule has 0 bridgehead atoms. The van der Waals surface area contributed by atoms with Crippen molar-refractivity contribution >= 4 is 18.9 Å². The zero-order chi connectivity index (χ0) is 16.1. The summed E-state index contributed by atoms with van der Waals surface area (Å²) in [5.74, 6) is 0. The molecule has 1 aromatic carbocycles. The van der Waals surface area contributed by atoms with Crippen molar-refractivity contribution in [3.05, 3.63) is 29.8 Å². The van der Waals surface area contributed by atoms with E-state index in [-0.39, 0.29) is 17.0 Å². The first-order valence-electron chi connectivity index (χ1n) is 6.52. The van der Waals surface area contributed by atoms with Gasteiger partial charge in [-0.25, -0.2) is 0 Å². The molecule has 6 nitrogen and oxygen atoms in total. The molecule has 0 amide bonds. The van der Waals surface area contributed by atoms with Crippen molar-refractivity contribution in [1.29, 1.82) is 0 Å². The van der Waals surface area contributed by atoms with Crippen LogP contribution in [0, 0.1) is 0 Å². The Labute approximate surface area is 127 Å². The van der Waals surface area contributed by atoms with Crippen molar-refractivity contribution in [3.63, 3.8) is 0 Å². The Kier molecular flexibility index (Phi) is 6.51. The van der Waals surface area contributed by atoms with E-state index in [1.165, 1.54) is 27.4 Å². The van der Waals surface area contributed by atoms with Crippen LogP contribution in [0.25, 0.3) is 0 Å². The number of hydrogen-bond acceptors (Lipinski definition) is 6. The lowest BCUT2D eigenvalue weighted by Crippen LogP contribution is -2.48. The second kappa shape index (κ2) is 7.48. The Bertz CT molecular complexity index is 547. The van der Waals surface area contributed by atoms with Crippen molar-refractivity contribution in [2.45, 2.75) is 24.3 Å². The first kappa shape index (κ1) is 18.3. The van der Waals surface area contributed by atoms with Crippen molar-refractivity contribution in [2.75, 3.05) is 27.9 Å². The Morgan fingerprint density at radius 3 is 2.10 bits per heavy atom. The van der Waals surface area contributed by atoms with Crippen LogP contribution in [0.1, 0.15) is 25.0 Å². The monoisotopic (exact) mass is 334 g/mol. The summed E-state index contributed by atoms with van der Waals surface area (Å²) < 4.78 is 45.6. The second-order valence-electron chi connectivity index (χ2n) is 4.34.